The van der Waals surface area contributed by atoms with E-state index < -0.39 is 0 Å². The molecule has 24 heavy (non-hydrogen) atoms. The highest BCUT2D eigenvalue weighted by molar-refractivity contribution is 5.85. The molecule has 2 saturated carbocycles. The minimum atomic E-state index is -0.303. The van der Waals surface area contributed by atoms with Crippen molar-refractivity contribution in [3.63, 3.8) is 0 Å². The lowest BCUT2D eigenvalue weighted by Crippen LogP contribution is -2.38. The predicted molar refractivity (Wildman–Crippen MR) is 94.1 cm³/mol. The first-order chi connectivity index (χ1) is 10.9. The first kappa shape index (κ1) is 21.2. The highest BCUT2D eigenvalue weighted by Gasteiger charge is 2.55. The molecule has 0 spiro atoms. The topological polar surface area (TPSA) is 59.1 Å². The summed E-state index contributed by atoms with van der Waals surface area (Å²) < 4.78 is 10.8. The normalized spacial score (nSPS) is 28.1. The van der Waals surface area contributed by atoms with Gasteiger partial charge in [0.2, 0.25) is 0 Å². The van der Waals surface area contributed by atoms with Crippen LogP contribution in [0.3, 0.4) is 0 Å². The molecule has 2 aliphatic carbocycles. The van der Waals surface area contributed by atoms with Gasteiger partial charge < -0.3 is 19.3 Å². The molecule has 6 nitrogen and oxygen atoms in total. The Morgan fingerprint density at radius 1 is 0.833 bits per heavy atom. The lowest BCUT2D eigenvalue weighted by molar-refractivity contribution is -0.163. The molecule has 0 unspecified atom stereocenters. The number of hydrogen-bond acceptors (Lipinski definition) is 6. The Balaban J connectivity index is 0.00000288. The maximum absolute atomic E-state index is 12.5. The van der Waals surface area contributed by atoms with E-state index in [2.05, 4.69) is 0 Å². The molecule has 0 aromatic heterocycles. The minimum Gasteiger partial charge on any atom is -0.464 e. The first-order valence-electron chi connectivity index (χ1n) is 8.53. The fraction of sp³-hybridized carbons (Fsp3) is 0.882. The van der Waals surface area contributed by atoms with Gasteiger partial charge in [-0.2, -0.15) is 0 Å². The van der Waals surface area contributed by atoms with E-state index in [1.54, 1.807) is 0 Å². The lowest BCUT2D eigenvalue weighted by atomic mass is 9.79. The van der Waals surface area contributed by atoms with E-state index in [-0.39, 0.29) is 36.2 Å². The van der Waals surface area contributed by atoms with Crippen molar-refractivity contribution in [1.29, 1.82) is 0 Å². The number of fused-ring (bicyclic) bond motifs is 2. The van der Waals surface area contributed by atoms with Crippen molar-refractivity contribution in [2.24, 2.45) is 23.7 Å². The van der Waals surface area contributed by atoms with Crippen molar-refractivity contribution in [2.45, 2.75) is 19.3 Å². The second kappa shape index (κ2) is 9.59. The molecule has 140 valence electrons. The standard InChI is InChI=1S/C17H30N2O4.ClH/c1-18(2)7-9-22-16(20)14-12-5-6-13(11-12)15(14)17(21)23-10-8-19(3)4;/h12-15H,5-11H2,1-4H3;1H/t12-,13+,14-,15-;/m1./s1. The maximum Gasteiger partial charge on any atom is 0.310 e. The van der Waals surface area contributed by atoms with E-state index in [4.69, 9.17) is 9.47 Å². The van der Waals surface area contributed by atoms with Gasteiger partial charge in [0.15, 0.2) is 0 Å². The highest BCUT2D eigenvalue weighted by atomic mass is 35.5. The zero-order valence-corrected chi connectivity index (χ0v) is 16.0. The Hall–Kier alpha value is -0.850. The summed E-state index contributed by atoms with van der Waals surface area (Å²) in [5, 5.41) is 0. The zero-order chi connectivity index (χ0) is 17.0. The number of nitrogens with zero attached hydrogens (tertiary/aromatic N) is 2. The van der Waals surface area contributed by atoms with Crippen LogP contribution in [0.15, 0.2) is 0 Å². The van der Waals surface area contributed by atoms with Crippen LogP contribution in [0.1, 0.15) is 19.3 Å². The smallest absolute Gasteiger partial charge is 0.310 e. The van der Waals surface area contributed by atoms with E-state index in [0.717, 1.165) is 19.3 Å². The van der Waals surface area contributed by atoms with Crippen molar-refractivity contribution in [3.05, 3.63) is 0 Å². The first-order valence-corrected chi connectivity index (χ1v) is 8.53. The van der Waals surface area contributed by atoms with Crippen LogP contribution in [0, 0.1) is 23.7 Å². The summed E-state index contributed by atoms with van der Waals surface area (Å²) in [5.41, 5.74) is 0. The molecule has 7 heteroatoms. The molecule has 4 atom stereocenters. The Bertz CT molecular complexity index is 393. The number of hydrogen-bond donors (Lipinski definition) is 0. The Morgan fingerprint density at radius 3 is 1.54 bits per heavy atom. The summed E-state index contributed by atoms with van der Waals surface area (Å²) in [5.74, 6) is -0.454. The third-order valence-corrected chi connectivity index (χ3v) is 5.03. The number of carbonyl (C=O) groups is 2. The molecular formula is C17H31ClN2O4. The van der Waals surface area contributed by atoms with Crippen LogP contribution in [-0.2, 0) is 19.1 Å². The summed E-state index contributed by atoms with van der Waals surface area (Å²) in [6.45, 7) is 2.15. The van der Waals surface area contributed by atoms with Gasteiger partial charge in [-0.05, 0) is 59.3 Å². The third-order valence-electron chi connectivity index (χ3n) is 5.03. The average Bonchev–Trinajstić information content (AvgIpc) is 3.06. The monoisotopic (exact) mass is 362 g/mol. The van der Waals surface area contributed by atoms with Gasteiger partial charge >= 0.3 is 11.9 Å². The fourth-order valence-electron chi connectivity index (χ4n) is 3.82. The lowest BCUT2D eigenvalue weighted by Gasteiger charge is -2.28. The number of ether oxygens (including phenoxy) is 2. The van der Waals surface area contributed by atoms with Gasteiger partial charge in [-0.15, -0.1) is 12.4 Å². The molecule has 0 aromatic rings. The quantitative estimate of drug-likeness (QED) is 0.606. The van der Waals surface area contributed by atoms with Crippen LogP contribution in [0.4, 0.5) is 0 Å². The molecule has 2 bridgehead atoms. The summed E-state index contributed by atoms with van der Waals surface area (Å²) in [6, 6.07) is 0. The summed E-state index contributed by atoms with van der Waals surface area (Å²) in [6.07, 6.45) is 3.01. The molecule has 2 rings (SSSR count). The van der Waals surface area contributed by atoms with Crippen molar-refractivity contribution in [1.82, 2.24) is 9.80 Å². The molecule has 0 N–H and O–H groups in total. The number of esters is 2. The molecule has 0 radical (unpaired) electrons. The van der Waals surface area contributed by atoms with Crippen LogP contribution < -0.4 is 0 Å². The van der Waals surface area contributed by atoms with E-state index >= 15 is 0 Å². The second-order valence-corrected chi connectivity index (χ2v) is 7.33. The van der Waals surface area contributed by atoms with Gasteiger partial charge in [0.25, 0.3) is 0 Å². The average molecular weight is 363 g/mol. The number of likely N-dealkylation sites (N-methyl/N-ethyl adjacent to an activating group) is 2. The largest absolute Gasteiger partial charge is 0.464 e. The second-order valence-electron chi connectivity index (χ2n) is 7.33. The van der Waals surface area contributed by atoms with Crippen molar-refractivity contribution in [3.8, 4) is 0 Å². The maximum atomic E-state index is 12.5. The van der Waals surface area contributed by atoms with Crippen LogP contribution in [0.2, 0.25) is 0 Å². The molecule has 0 aromatic carbocycles. The summed E-state index contributed by atoms with van der Waals surface area (Å²) in [7, 11) is 7.76. The Morgan fingerprint density at radius 2 is 1.21 bits per heavy atom. The van der Waals surface area contributed by atoms with Crippen molar-refractivity contribution < 1.29 is 19.1 Å². The SMILES string of the molecule is CN(C)CCOC(=O)[C@@H]1[C@@H]2CC[C@@H](C2)[C@H]1C(=O)OCCN(C)C.Cl. The molecular weight excluding hydrogens is 332 g/mol. The molecule has 0 amide bonds. The number of rotatable bonds is 8. The van der Waals surface area contributed by atoms with Crippen molar-refractivity contribution in [2.75, 3.05) is 54.5 Å². The van der Waals surface area contributed by atoms with Gasteiger partial charge in [-0.3, -0.25) is 9.59 Å². The van der Waals surface area contributed by atoms with Gasteiger partial charge in [0.05, 0.1) is 11.8 Å². The molecule has 0 aliphatic heterocycles. The Labute approximate surface area is 151 Å². The number of carbonyl (C=O) groups excluding carboxylic acids is 2. The Kier molecular flexibility index (Phi) is 8.46. The van der Waals surface area contributed by atoms with E-state index in [0.29, 0.717) is 38.1 Å². The number of halogens is 1. The zero-order valence-electron chi connectivity index (χ0n) is 15.2. The summed E-state index contributed by atoms with van der Waals surface area (Å²) >= 11 is 0. The van der Waals surface area contributed by atoms with E-state index in [1.807, 2.05) is 38.0 Å². The van der Waals surface area contributed by atoms with Gasteiger partial charge in [-0.25, -0.2) is 0 Å². The van der Waals surface area contributed by atoms with E-state index in [1.165, 1.54) is 0 Å². The van der Waals surface area contributed by atoms with Crippen LogP contribution in [0.5, 0.6) is 0 Å². The van der Waals surface area contributed by atoms with E-state index in [9.17, 15) is 9.59 Å². The molecule has 2 fully saturated rings. The molecule has 0 saturated heterocycles. The third kappa shape index (κ3) is 5.33. The molecule has 0 heterocycles. The van der Waals surface area contributed by atoms with Crippen LogP contribution in [0.25, 0.3) is 0 Å². The van der Waals surface area contributed by atoms with Gasteiger partial charge in [-0.1, -0.05) is 0 Å². The van der Waals surface area contributed by atoms with Gasteiger partial charge in [0.1, 0.15) is 13.2 Å². The summed E-state index contributed by atoms with van der Waals surface area (Å²) in [4.78, 5) is 28.9. The van der Waals surface area contributed by atoms with Crippen LogP contribution >= 0.6 is 12.4 Å². The fourth-order valence-corrected chi connectivity index (χ4v) is 3.82. The minimum absolute atomic E-state index is 0. The van der Waals surface area contributed by atoms with Crippen LogP contribution in [-0.4, -0.2) is 76.2 Å². The van der Waals surface area contributed by atoms with Gasteiger partial charge in [0, 0.05) is 13.1 Å². The molecule has 2 aliphatic rings. The highest BCUT2D eigenvalue weighted by Crippen LogP contribution is 2.53. The predicted octanol–water partition coefficient (Wildman–Crippen LogP) is 1.28. The van der Waals surface area contributed by atoms with Crippen molar-refractivity contribution >= 4 is 24.3 Å².